The minimum atomic E-state index is -4.00. The molecule has 0 aliphatic rings. The Kier molecular flexibility index (Phi) is 8.19. The molecule has 3 aromatic rings. The van der Waals surface area contributed by atoms with Crippen LogP contribution < -0.4 is 23.8 Å². The Hall–Kier alpha value is -3.50. The van der Waals surface area contributed by atoms with E-state index < -0.39 is 15.8 Å². The summed E-state index contributed by atoms with van der Waals surface area (Å²) in [6, 6.07) is 13.5. The zero-order valence-corrected chi connectivity index (χ0v) is 20.1. The number of ether oxygens (including phenoxy) is 4. The minimum Gasteiger partial charge on any atom is -0.497 e. The highest BCUT2D eigenvalue weighted by molar-refractivity contribution is 7.89. The number of methoxy groups -OCH3 is 3. The summed E-state index contributed by atoms with van der Waals surface area (Å²) in [6.45, 7) is 0.0988. The highest BCUT2D eigenvalue weighted by atomic mass is 35.5. The Morgan fingerprint density at radius 3 is 2.35 bits per heavy atom. The van der Waals surface area contributed by atoms with Crippen LogP contribution in [0.3, 0.4) is 0 Å². The quantitative estimate of drug-likeness (QED) is 0.322. The summed E-state index contributed by atoms with van der Waals surface area (Å²) in [5.74, 6) is 0.962. The molecule has 0 amide bonds. The molecule has 11 heteroatoms. The van der Waals surface area contributed by atoms with Gasteiger partial charge in [0.1, 0.15) is 40.3 Å². The molecule has 0 saturated heterocycles. The highest BCUT2D eigenvalue weighted by Gasteiger charge is 2.19. The molecule has 0 atom stereocenters. The van der Waals surface area contributed by atoms with Crippen LogP contribution in [0.1, 0.15) is 11.1 Å². The van der Waals surface area contributed by atoms with Crippen LogP contribution in [0.15, 0.2) is 64.6 Å². The third kappa shape index (κ3) is 6.09. The summed E-state index contributed by atoms with van der Waals surface area (Å²) < 4.78 is 59.9. The van der Waals surface area contributed by atoms with Crippen molar-refractivity contribution >= 4 is 27.8 Å². The summed E-state index contributed by atoms with van der Waals surface area (Å²) in [4.78, 5) is 2.07. The first-order valence-electron chi connectivity index (χ1n) is 9.79. The molecule has 0 aliphatic heterocycles. The van der Waals surface area contributed by atoms with Crippen LogP contribution in [0, 0.1) is 5.82 Å². The van der Waals surface area contributed by atoms with Crippen molar-refractivity contribution in [2.24, 2.45) is 5.10 Å². The molecule has 0 aromatic heterocycles. The van der Waals surface area contributed by atoms with E-state index >= 15 is 0 Å². The molecule has 0 fully saturated rings. The summed E-state index contributed by atoms with van der Waals surface area (Å²) in [5.41, 5.74) is 1.24. The van der Waals surface area contributed by atoms with E-state index in [0.717, 1.165) is 0 Å². The maximum absolute atomic E-state index is 13.3. The number of nitrogens with one attached hydrogen (secondary N) is 1. The van der Waals surface area contributed by atoms with Gasteiger partial charge >= 0.3 is 0 Å². The second-order valence-electron chi connectivity index (χ2n) is 6.81. The van der Waals surface area contributed by atoms with Gasteiger partial charge in [0, 0.05) is 17.7 Å². The molecule has 0 spiro atoms. The van der Waals surface area contributed by atoms with E-state index in [2.05, 4.69) is 9.93 Å². The van der Waals surface area contributed by atoms with Gasteiger partial charge in [0.15, 0.2) is 0 Å². The number of sulfonamides is 1. The Labute approximate surface area is 201 Å². The highest BCUT2D eigenvalue weighted by Crippen LogP contribution is 2.28. The number of hydrazone groups is 1. The standard InChI is InChI=1S/C23H22ClFN2O6S/c1-30-17-6-9-23(22(12-17)32-3)34(28,29)27-26-13-15-4-8-21(31-2)16(10-15)14-33-18-5-7-20(25)19(24)11-18/h4-13,27H,14H2,1-3H3/b26-13+. The molecule has 34 heavy (non-hydrogen) atoms. The third-order valence-corrected chi connectivity index (χ3v) is 6.19. The molecule has 0 unspecified atom stereocenters. The molecule has 180 valence electrons. The van der Waals surface area contributed by atoms with E-state index in [1.165, 1.54) is 63.9 Å². The fourth-order valence-electron chi connectivity index (χ4n) is 2.94. The maximum Gasteiger partial charge on any atom is 0.280 e. The Bertz CT molecular complexity index is 1300. The van der Waals surface area contributed by atoms with Crippen molar-refractivity contribution in [1.29, 1.82) is 0 Å². The second-order valence-corrected chi connectivity index (χ2v) is 8.84. The number of halogens is 2. The van der Waals surface area contributed by atoms with Crippen molar-refractivity contribution in [3.05, 3.63) is 76.6 Å². The van der Waals surface area contributed by atoms with E-state index in [4.69, 9.17) is 30.5 Å². The fraction of sp³-hybridized carbons (Fsp3) is 0.174. The predicted octanol–water partition coefficient (Wildman–Crippen LogP) is 4.40. The van der Waals surface area contributed by atoms with Crippen LogP contribution in [-0.4, -0.2) is 36.0 Å². The van der Waals surface area contributed by atoms with Crippen molar-refractivity contribution in [2.45, 2.75) is 11.5 Å². The van der Waals surface area contributed by atoms with Crippen LogP contribution in [0.5, 0.6) is 23.0 Å². The lowest BCUT2D eigenvalue weighted by atomic mass is 10.1. The van der Waals surface area contributed by atoms with Gasteiger partial charge in [-0.1, -0.05) is 11.6 Å². The van der Waals surface area contributed by atoms with Gasteiger partial charge in [-0.25, -0.2) is 4.39 Å². The van der Waals surface area contributed by atoms with Crippen molar-refractivity contribution in [1.82, 2.24) is 4.83 Å². The van der Waals surface area contributed by atoms with E-state index in [9.17, 15) is 12.8 Å². The average Bonchev–Trinajstić information content (AvgIpc) is 2.84. The molecular weight excluding hydrogens is 487 g/mol. The normalized spacial score (nSPS) is 11.3. The van der Waals surface area contributed by atoms with Gasteiger partial charge < -0.3 is 18.9 Å². The lowest BCUT2D eigenvalue weighted by molar-refractivity contribution is 0.296. The van der Waals surface area contributed by atoms with Gasteiger partial charge in [0.2, 0.25) is 0 Å². The van der Waals surface area contributed by atoms with Gasteiger partial charge in [0.05, 0.1) is 32.6 Å². The Balaban J connectivity index is 1.75. The molecule has 0 heterocycles. The van der Waals surface area contributed by atoms with Crippen LogP contribution in [0.4, 0.5) is 4.39 Å². The van der Waals surface area contributed by atoms with Crippen LogP contribution in [-0.2, 0) is 16.6 Å². The Morgan fingerprint density at radius 2 is 1.68 bits per heavy atom. The van der Waals surface area contributed by atoms with Gasteiger partial charge in [-0.15, -0.1) is 0 Å². The number of benzene rings is 3. The van der Waals surface area contributed by atoms with Gasteiger partial charge in [-0.05, 0) is 48.0 Å². The van der Waals surface area contributed by atoms with Gasteiger partial charge in [0.25, 0.3) is 10.0 Å². The topological polar surface area (TPSA) is 95.5 Å². The first kappa shape index (κ1) is 25.1. The monoisotopic (exact) mass is 508 g/mol. The number of nitrogens with zero attached hydrogens (tertiary/aromatic N) is 1. The van der Waals surface area contributed by atoms with Crippen LogP contribution in [0.2, 0.25) is 5.02 Å². The smallest absolute Gasteiger partial charge is 0.280 e. The lowest BCUT2D eigenvalue weighted by Gasteiger charge is -2.12. The fourth-order valence-corrected chi connectivity index (χ4v) is 4.05. The number of hydrogen-bond acceptors (Lipinski definition) is 7. The van der Waals surface area contributed by atoms with Gasteiger partial charge in [-0.2, -0.15) is 18.4 Å². The molecule has 0 saturated carbocycles. The molecular formula is C23H22ClFN2O6S. The molecule has 1 N–H and O–H groups in total. The first-order valence-corrected chi connectivity index (χ1v) is 11.6. The molecule has 0 radical (unpaired) electrons. The molecule has 3 aromatic carbocycles. The molecule has 0 aliphatic carbocycles. The second kappa shape index (κ2) is 11.1. The van der Waals surface area contributed by atoms with E-state index in [0.29, 0.717) is 28.4 Å². The van der Waals surface area contributed by atoms with E-state index in [1.807, 2.05) is 0 Å². The SMILES string of the molecule is COc1ccc(S(=O)(=O)N/N=C/c2ccc(OC)c(COc3ccc(F)c(Cl)c3)c2)c(OC)c1. The molecule has 8 nitrogen and oxygen atoms in total. The zero-order valence-electron chi connectivity index (χ0n) is 18.5. The van der Waals surface area contributed by atoms with Crippen molar-refractivity contribution in [2.75, 3.05) is 21.3 Å². The number of rotatable bonds is 10. The lowest BCUT2D eigenvalue weighted by Crippen LogP contribution is -2.19. The van der Waals surface area contributed by atoms with Crippen molar-refractivity contribution in [3.8, 4) is 23.0 Å². The molecule has 0 bridgehead atoms. The summed E-state index contributed by atoms with van der Waals surface area (Å²) in [7, 11) is 0.341. The van der Waals surface area contributed by atoms with E-state index in [-0.39, 0.29) is 22.3 Å². The molecule has 3 rings (SSSR count). The van der Waals surface area contributed by atoms with Crippen LogP contribution in [0.25, 0.3) is 0 Å². The van der Waals surface area contributed by atoms with Gasteiger partial charge in [-0.3, -0.25) is 0 Å². The first-order chi connectivity index (χ1) is 16.3. The largest absolute Gasteiger partial charge is 0.497 e. The minimum absolute atomic E-state index is 0.0499. The van der Waals surface area contributed by atoms with Crippen molar-refractivity contribution in [3.63, 3.8) is 0 Å². The predicted molar refractivity (Wildman–Crippen MR) is 126 cm³/mol. The van der Waals surface area contributed by atoms with Crippen LogP contribution >= 0.6 is 11.6 Å². The summed E-state index contributed by atoms with van der Waals surface area (Å²) >= 11 is 5.78. The Morgan fingerprint density at radius 1 is 0.941 bits per heavy atom. The van der Waals surface area contributed by atoms with E-state index in [1.54, 1.807) is 18.2 Å². The maximum atomic E-state index is 13.3. The number of hydrogen-bond donors (Lipinski definition) is 1. The summed E-state index contributed by atoms with van der Waals surface area (Å²) in [5, 5.41) is 3.80. The van der Waals surface area contributed by atoms with Crippen molar-refractivity contribution < 1.29 is 31.8 Å². The zero-order chi connectivity index (χ0) is 24.7. The third-order valence-electron chi connectivity index (χ3n) is 4.64. The summed E-state index contributed by atoms with van der Waals surface area (Å²) in [6.07, 6.45) is 1.34. The average molecular weight is 509 g/mol.